The maximum Gasteiger partial charge on any atom is 0.243 e. The molecule has 0 radical (unpaired) electrons. The molecule has 1 heterocycles. The minimum Gasteiger partial charge on any atom is -0.376 e. The highest BCUT2D eigenvalue weighted by molar-refractivity contribution is 5.97. The van der Waals surface area contributed by atoms with Crippen LogP contribution in [-0.4, -0.2) is 17.4 Å². The lowest BCUT2D eigenvalue weighted by atomic mass is 10.2. The summed E-state index contributed by atoms with van der Waals surface area (Å²) in [7, 11) is 0. The molecule has 0 spiro atoms. The van der Waals surface area contributed by atoms with Crippen molar-refractivity contribution in [3.63, 3.8) is 0 Å². The predicted molar refractivity (Wildman–Crippen MR) is 102 cm³/mol. The minimum atomic E-state index is -0.116. The van der Waals surface area contributed by atoms with Gasteiger partial charge in [-0.2, -0.15) is 0 Å². The third-order valence-electron chi connectivity index (χ3n) is 3.67. The Kier molecular flexibility index (Phi) is 5.26. The Morgan fingerprint density at radius 3 is 2.28 bits per heavy atom. The molecule has 0 aliphatic heterocycles. The summed E-state index contributed by atoms with van der Waals surface area (Å²) in [6, 6.07) is 19.4. The molecule has 0 atom stereocenters. The standard InChI is InChI=1S/C20H20N4O/c1-15-6-8-17(9-7-15)23-18-4-2-3-5-19(18)24-20(25)14-22-16-10-12-21-13-11-16/h2-13,23H,14H2,1H3,(H,21,22)(H,24,25). The molecule has 2 aromatic carbocycles. The average Bonchev–Trinajstić information content (AvgIpc) is 2.64. The zero-order chi connectivity index (χ0) is 17.5. The number of carbonyl (C=O) groups excluding carboxylic acids is 1. The first-order valence-corrected chi connectivity index (χ1v) is 8.07. The summed E-state index contributed by atoms with van der Waals surface area (Å²) in [5, 5.41) is 9.34. The molecule has 0 saturated carbocycles. The van der Waals surface area contributed by atoms with Crippen molar-refractivity contribution in [1.82, 2.24) is 4.98 Å². The number of pyridine rings is 1. The van der Waals surface area contributed by atoms with Crippen LogP contribution in [0.2, 0.25) is 0 Å². The summed E-state index contributed by atoms with van der Waals surface area (Å²) in [4.78, 5) is 16.2. The molecular weight excluding hydrogens is 312 g/mol. The zero-order valence-electron chi connectivity index (χ0n) is 14.0. The van der Waals surface area contributed by atoms with Crippen molar-refractivity contribution in [2.75, 3.05) is 22.5 Å². The number of benzene rings is 2. The molecule has 0 saturated heterocycles. The average molecular weight is 332 g/mol. The van der Waals surface area contributed by atoms with E-state index < -0.39 is 0 Å². The molecule has 5 heteroatoms. The Balaban J connectivity index is 1.64. The van der Waals surface area contributed by atoms with Gasteiger partial charge in [-0.3, -0.25) is 9.78 Å². The number of nitrogens with one attached hydrogen (secondary N) is 3. The number of hydrogen-bond acceptors (Lipinski definition) is 4. The van der Waals surface area contributed by atoms with Gasteiger partial charge in [0.15, 0.2) is 0 Å². The summed E-state index contributed by atoms with van der Waals surface area (Å²) in [5.41, 5.74) is 4.63. The van der Waals surface area contributed by atoms with Crippen molar-refractivity contribution in [2.45, 2.75) is 6.92 Å². The highest BCUT2D eigenvalue weighted by atomic mass is 16.1. The van der Waals surface area contributed by atoms with Gasteiger partial charge in [0.05, 0.1) is 17.9 Å². The maximum absolute atomic E-state index is 12.2. The number of hydrogen-bond donors (Lipinski definition) is 3. The molecule has 25 heavy (non-hydrogen) atoms. The van der Waals surface area contributed by atoms with Gasteiger partial charge in [0.2, 0.25) is 5.91 Å². The zero-order valence-corrected chi connectivity index (χ0v) is 14.0. The first-order valence-electron chi connectivity index (χ1n) is 8.07. The molecule has 1 amide bonds. The summed E-state index contributed by atoms with van der Waals surface area (Å²) in [6.07, 6.45) is 3.36. The van der Waals surface area contributed by atoms with E-state index in [1.54, 1.807) is 12.4 Å². The number of aryl methyl sites for hydroxylation is 1. The second-order valence-electron chi connectivity index (χ2n) is 5.67. The number of anilines is 4. The second-order valence-corrected chi connectivity index (χ2v) is 5.67. The van der Waals surface area contributed by atoms with E-state index in [-0.39, 0.29) is 12.5 Å². The van der Waals surface area contributed by atoms with Crippen LogP contribution >= 0.6 is 0 Å². The van der Waals surface area contributed by atoms with Crippen LogP contribution in [0.1, 0.15) is 5.56 Å². The van der Waals surface area contributed by atoms with Gasteiger partial charge in [0, 0.05) is 23.8 Å². The molecular formula is C20H20N4O. The van der Waals surface area contributed by atoms with Crippen molar-refractivity contribution in [3.8, 4) is 0 Å². The number of nitrogens with zero attached hydrogens (tertiary/aromatic N) is 1. The number of rotatable bonds is 6. The first-order chi connectivity index (χ1) is 12.2. The van der Waals surface area contributed by atoms with Gasteiger partial charge >= 0.3 is 0 Å². The van der Waals surface area contributed by atoms with E-state index in [0.29, 0.717) is 0 Å². The van der Waals surface area contributed by atoms with Crippen LogP contribution in [0.5, 0.6) is 0 Å². The van der Waals surface area contributed by atoms with E-state index in [1.807, 2.05) is 67.6 Å². The quantitative estimate of drug-likeness (QED) is 0.633. The third kappa shape index (κ3) is 4.81. The summed E-state index contributed by atoms with van der Waals surface area (Å²) in [6.45, 7) is 2.23. The molecule has 0 unspecified atom stereocenters. The number of carbonyl (C=O) groups is 1. The molecule has 3 aromatic rings. The lowest BCUT2D eigenvalue weighted by Gasteiger charge is -2.14. The van der Waals surface area contributed by atoms with Gasteiger partial charge < -0.3 is 16.0 Å². The number of aromatic nitrogens is 1. The van der Waals surface area contributed by atoms with Crippen LogP contribution < -0.4 is 16.0 Å². The van der Waals surface area contributed by atoms with Crippen LogP contribution in [0.3, 0.4) is 0 Å². The Bertz CT molecular complexity index is 832. The molecule has 1 aromatic heterocycles. The lowest BCUT2D eigenvalue weighted by molar-refractivity contribution is -0.114. The molecule has 0 fully saturated rings. The van der Waals surface area contributed by atoms with Gasteiger partial charge in [-0.05, 0) is 43.3 Å². The van der Waals surface area contributed by atoms with Crippen molar-refractivity contribution < 1.29 is 4.79 Å². The first kappa shape index (κ1) is 16.5. The van der Waals surface area contributed by atoms with Crippen LogP contribution in [0, 0.1) is 6.92 Å². The maximum atomic E-state index is 12.2. The monoisotopic (exact) mass is 332 g/mol. The highest BCUT2D eigenvalue weighted by Gasteiger charge is 2.07. The Hall–Kier alpha value is -3.34. The molecule has 0 bridgehead atoms. The van der Waals surface area contributed by atoms with E-state index in [0.717, 1.165) is 22.7 Å². The van der Waals surface area contributed by atoms with E-state index in [2.05, 4.69) is 20.9 Å². The fraction of sp³-hybridized carbons (Fsp3) is 0.100. The van der Waals surface area contributed by atoms with Crippen molar-refractivity contribution in [2.24, 2.45) is 0 Å². The second kappa shape index (κ2) is 7.97. The van der Waals surface area contributed by atoms with Crippen LogP contribution in [0.25, 0.3) is 0 Å². The van der Waals surface area contributed by atoms with Gasteiger partial charge in [-0.1, -0.05) is 29.8 Å². The molecule has 126 valence electrons. The number of para-hydroxylation sites is 2. The summed E-state index contributed by atoms with van der Waals surface area (Å²) >= 11 is 0. The van der Waals surface area contributed by atoms with Gasteiger partial charge in [0.25, 0.3) is 0 Å². The van der Waals surface area contributed by atoms with Crippen LogP contribution in [-0.2, 0) is 4.79 Å². The largest absolute Gasteiger partial charge is 0.376 e. The molecule has 0 aliphatic carbocycles. The molecule has 0 aliphatic rings. The smallest absolute Gasteiger partial charge is 0.243 e. The fourth-order valence-electron chi connectivity index (χ4n) is 2.34. The molecule has 5 nitrogen and oxygen atoms in total. The summed E-state index contributed by atoms with van der Waals surface area (Å²) in [5.74, 6) is -0.116. The van der Waals surface area contributed by atoms with Crippen molar-refractivity contribution in [3.05, 3.63) is 78.6 Å². The highest BCUT2D eigenvalue weighted by Crippen LogP contribution is 2.25. The number of amides is 1. The SMILES string of the molecule is Cc1ccc(Nc2ccccc2NC(=O)CNc2ccncc2)cc1. The van der Waals surface area contributed by atoms with Gasteiger partial charge in [0.1, 0.15) is 0 Å². The Labute approximate surface area is 147 Å². The molecule has 3 N–H and O–H groups in total. The van der Waals surface area contributed by atoms with Gasteiger partial charge in [-0.15, -0.1) is 0 Å². The van der Waals surface area contributed by atoms with Crippen LogP contribution in [0.4, 0.5) is 22.7 Å². The van der Waals surface area contributed by atoms with Crippen LogP contribution in [0.15, 0.2) is 73.1 Å². The van der Waals surface area contributed by atoms with E-state index in [4.69, 9.17) is 0 Å². The Morgan fingerprint density at radius 2 is 1.56 bits per heavy atom. The fourth-order valence-corrected chi connectivity index (χ4v) is 2.34. The third-order valence-corrected chi connectivity index (χ3v) is 3.67. The minimum absolute atomic E-state index is 0.116. The van der Waals surface area contributed by atoms with Crippen molar-refractivity contribution >= 4 is 28.7 Å². The lowest BCUT2D eigenvalue weighted by Crippen LogP contribution is -2.22. The Morgan fingerprint density at radius 1 is 0.880 bits per heavy atom. The van der Waals surface area contributed by atoms with Crippen molar-refractivity contribution in [1.29, 1.82) is 0 Å². The topological polar surface area (TPSA) is 66.0 Å². The molecule has 3 rings (SSSR count). The van der Waals surface area contributed by atoms with Gasteiger partial charge in [-0.25, -0.2) is 0 Å². The van der Waals surface area contributed by atoms with E-state index in [1.165, 1.54) is 5.56 Å². The summed E-state index contributed by atoms with van der Waals surface area (Å²) < 4.78 is 0. The normalized spacial score (nSPS) is 10.1. The predicted octanol–water partition coefficient (Wildman–Crippen LogP) is 4.18. The van der Waals surface area contributed by atoms with E-state index in [9.17, 15) is 4.79 Å². The van der Waals surface area contributed by atoms with E-state index >= 15 is 0 Å².